The SMILES string of the molecule is Cc1ccc(N2C(=N)SC(=Cc3cc4c(cc3Br)OCO4)C2=O)cc1C. The average Bonchev–Trinajstić information content (AvgIpc) is 3.15. The van der Waals surface area contributed by atoms with Crippen LogP contribution in [0.5, 0.6) is 11.5 Å². The quantitative estimate of drug-likeness (QED) is 0.691. The number of amidine groups is 1. The number of nitrogens with zero attached hydrogens (tertiary/aromatic N) is 1. The predicted molar refractivity (Wildman–Crippen MR) is 107 cm³/mol. The fourth-order valence-electron chi connectivity index (χ4n) is 2.77. The third-order valence-corrected chi connectivity index (χ3v) is 5.93. The first-order chi connectivity index (χ1) is 12.4. The Hall–Kier alpha value is -2.25. The molecule has 0 radical (unpaired) electrons. The topological polar surface area (TPSA) is 62.6 Å². The minimum atomic E-state index is -0.201. The van der Waals surface area contributed by atoms with Crippen LogP contribution in [0.1, 0.15) is 16.7 Å². The van der Waals surface area contributed by atoms with Crippen LogP contribution in [0.15, 0.2) is 39.7 Å². The van der Waals surface area contributed by atoms with Crippen LogP contribution in [0.25, 0.3) is 6.08 Å². The molecule has 0 atom stereocenters. The number of halogens is 1. The van der Waals surface area contributed by atoms with Gasteiger partial charge in [0.05, 0.1) is 10.6 Å². The maximum absolute atomic E-state index is 12.9. The third kappa shape index (κ3) is 2.91. The van der Waals surface area contributed by atoms with Crippen LogP contribution in [-0.2, 0) is 4.79 Å². The summed E-state index contributed by atoms with van der Waals surface area (Å²) in [7, 11) is 0. The summed E-state index contributed by atoms with van der Waals surface area (Å²) in [6.07, 6.45) is 1.77. The van der Waals surface area contributed by atoms with E-state index < -0.39 is 0 Å². The highest BCUT2D eigenvalue weighted by atomic mass is 79.9. The zero-order chi connectivity index (χ0) is 18.4. The number of amides is 1. The van der Waals surface area contributed by atoms with Gasteiger partial charge in [-0.05, 0) is 72.6 Å². The molecule has 0 aromatic heterocycles. The molecule has 4 rings (SSSR count). The van der Waals surface area contributed by atoms with Gasteiger partial charge in [-0.2, -0.15) is 0 Å². The van der Waals surface area contributed by atoms with Crippen molar-refractivity contribution < 1.29 is 14.3 Å². The van der Waals surface area contributed by atoms with Gasteiger partial charge in [-0.25, -0.2) is 0 Å². The van der Waals surface area contributed by atoms with E-state index in [1.54, 1.807) is 6.08 Å². The van der Waals surface area contributed by atoms with Crippen molar-refractivity contribution in [3.05, 3.63) is 56.4 Å². The molecule has 5 nitrogen and oxygen atoms in total. The van der Waals surface area contributed by atoms with Crippen LogP contribution in [0, 0.1) is 19.3 Å². The summed E-state index contributed by atoms with van der Waals surface area (Å²) in [5.41, 5.74) is 3.76. The maximum Gasteiger partial charge on any atom is 0.271 e. The highest BCUT2D eigenvalue weighted by Gasteiger charge is 2.34. The molecule has 2 aromatic rings. The summed E-state index contributed by atoms with van der Waals surface area (Å²) in [5, 5.41) is 8.44. The average molecular weight is 431 g/mol. The number of rotatable bonds is 2. The van der Waals surface area contributed by atoms with Crippen molar-refractivity contribution in [3.63, 3.8) is 0 Å². The van der Waals surface area contributed by atoms with E-state index in [1.807, 2.05) is 44.2 Å². The van der Waals surface area contributed by atoms with E-state index in [9.17, 15) is 4.79 Å². The first-order valence-corrected chi connectivity index (χ1v) is 9.54. The lowest BCUT2D eigenvalue weighted by molar-refractivity contribution is -0.113. The van der Waals surface area contributed by atoms with Crippen LogP contribution < -0.4 is 14.4 Å². The molecule has 1 fully saturated rings. The maximum atomic E-state index is 12.9. The van der Waals surface area contributed by atoms with Gasteiger partial charge in [0, 0.05) is 4.47 Å². The molecule has 1 amide bonds. The van der Waals surface area contributed by atoms with E-state index in [-0.39, 0.29) is 17.9 Å². The molecule has 0 saturated carbocycles. The van der Waals surface area contributed by atoms with Crippen LogP contribution in [0.2, 0.25) is 0 Å². The van der Waals surface area contributed by atoms with Crippen molar-refractivity contribution in [2.45, 2.75) is 13.8 Å². The molecule has 0 spiro atoms. The Labute approximate surface area is 163 Å². The number of anilines is 1. The lowest BCUT2D eigenvalue weighted by Gasteiger charge is -2.15. The molecule has 1 saturated heterocycles. The van der Waals surface area contributed by atoms with E-state index in [1.165, 1.54) is 4.90 Å². The highest BCUT2D eigenvalue weighted by molar-refractivity contribution is 9.10. The van der Waals surface area contributed by atoms with Crippen LogP contribution in [0.3, 0.4) is 0 Å². The van der Waals surface area contributed by atoms with Gasteiger partial charge in [-0.15, -0.1) is 0 Å². The number of fused-ring (bicyclic) bond motifs is 1. The van der Waals surface area contributed by atoms with Crippen LogP contribution in [-0.4, -0.2) is 17.9 Å². The van der Waals surface area contributed by atoms with Gasteiger partial charge in [0.1, 0.15) is 0 Å². The van der Waals surface area contributed by atoms with Crippen molar-refractivity contribution in [1.29, 1.82) is 5.41 Å². The second-order valence-corrected chi connectivity index (χ2v) is 7.94. The van der Waals surface area contributed by atoms with Gasteiger partial charge in [0.15, 0.2) is 16.7 Å². The molecular weight excluding hydrogens is 416 g/mol. The summed E-state index contributed by atoms with van der Waals surface area (Å²) in [6, 6.07) is 9.42. The van der Waals surface area contributed by atoms with Crippen LogP contribution >= 0.6 is 27.7 Å². The number of hydrogen-bond donors (Lipinski definition) is 1. The molecule has 0 unspecified atom stereocenters. The van der Waals surface area contributed by atoms with Crippen molar-refractivity contribution >= 4 is 50.5 Å². The standard InChI is InChI=1S/C19H15BrN2O3S/c1-10-3-4-13(5-11(10)2)22-18(23)17(26-19(22)21)7-12-6-15-16(8-14(12)20)25-9-24-15/h3-8,21H,9H2,1-2H3. The van der Waals surface area contributed by atoms with Crippen LogP contribution in [0.4, 0.5) is 5.69 Å². The second kappa shape index (κ2) is 6.48. The Bertz CT molecular complexity index is 987. The molecule has 2 heterocycles. The van der Waals surface area contributed by atoms with Gasteiger partial charge in [0.2, 0.25) is 6.79 Å². The van der Waals surface area contributed by atoms with E-state index in [0.717, 1.165) is 32.9 Å². The number of benzene rings is 2. The lowest BCUT2D eigenvalue weighted by Crippen LogP contribution is -2.28. The third-order valence-electron chi connectivity index (χ3n) is 4.35. The Morgan fingerprint density at radius 3 is 2.62 bits per heavy atom. The van der Waals surface area contributed by atoms with Gasteiger partial charge >= 0.3 is 0 Å². The summed E-state index contributed by atoms with van der Waals surface area (Å²) >= 11 is 4.65. The van der Waals surface area contributed by atoms with Gasteiger partial charge in [-0.3, -0.25) is 15.1 Å². The van der Waals surface area contributed by atoms with Gasteiger partial charge in [0.25, 0.3) is 5.91 Å². The van der Waals surface area contributed by atoms with Gasteiger partial charge < -0.3 is 9.47 Å². The summed E-state index contributed by atoms with van der Waals surface area (Å²) in [4.78, 5) is 14.8. The minimum absolute atomic E-state index is 0.195. The number of ether oxygens (including phenoxy) is 2. The lowest BCUT2D eigenvalue weighted by atomic mass is 10.1. The van der Waals surface area contributed by atoms with E-state index in [2.05, 4.69) is 15.9 Å². The largest absolute Gasteiger partial charge is 0.454 e. The number of thioether (sulfide) groups is 1. The molecular formula is C19H15BrN2O3S. The number of carbonyl (C=O) groups excluding carboxylic acids is 1. The molecule has 1 N–H and O–H groups in total. The first-order valence-electron chi connectivity index (χ1n) is 7.93. The van der Waals surface area contributed by atoms with Crippen molar-refractivity contribution in [3.8, 4) is 11.5 Å². The molecule has 7 heteroatoms. The van der Waals surface area contributed by atoms with E-state index in [4.69, 9.17) is 14.9 Å². The normalized spacial score (nSPS) is 17.5. The van der Waals surface area contributed by atoms with Gasteiger partial charge in [-0.1, -0.05) is 22.0 Å². The Morgan fingerprint density at radius 2 is 1.88 bits per heavy atom. The molecule has 132 valence electrons. The molecule has 0 bridgehead atoms. The molecule has 0 aliphatic carbocycles. The van der Waals surface area contributed by atoms with Crippen molar-refractivity contribution in [2.75, 3.05) is 11.7 Å². The predicted octanol–water partition coefficient (Wildman–Crippen LogP) is 4.85. The highest BCUT2D eigenvalue weighted by Crippen LogP contribution is 2.40. The molecule has 2 aliphatic heterocycles. The molecule has 2 aliphatic rings. The fraction of sp³-hybridized carbons (Fsp3) is 0.158. The zero-order valence-corrected chi connectivity index (χ0v) is 16.5. The second-order valence-electron chi connectivity index (χ2n) is 6.05. The number of carbonyl (C=O) groups is 1. The number of hydrogen-bond acceptors (Lipinski definition) is 5. The number of aryl methyl sites for hydroxylation is 2. The molecule has 2 aromatic carbocycles. The Kier molecular flexibility index (Phi) is 4.28. The smallest absolute Gasteiger partial charge is 0.271 e. The summed E-state index contributed by atoms with van der Waals surface area (Å²) in [5.74, 6) is 1.12. The zero-order valence-electron chi connectivity index (χ0n) is 14.1. The summed E-state index contributed by atoms with van der Waals surface area (Å²) in [6.45, 7) is 4.21. The monoisotopic (exact) mass is 430 g/mol. The van der Waals surface area contributed by atoms with Crippen molar-refractivity contribution in [1.82, 2.24) is 0 Å². The Morgan fingerprint density at radius 1 is 1.15 bits per heavy atom. The minimum Gasteiger partial charge on any atom is -0.454 e. The number of nitrogens with one attached hydrogen (secondary N) is 1. The van der Waals surface area contributed by atoms with Crippen molar-refractivity contribution in [2.24, 2.45) is 0 Å². The van der Waals surface area contributed by atoms with E-state index in [0.29, 0.717) is 22.1 Å². The Balaban J connectivity index is 1.69. The molecule has 26 heavy (non-hydrogen) atoms. The van der Waals surface area contributed by atoms with E-state index >= 15 is 0 Å². The first kappa shape index (κ1) is 17.2. The summed E-state index contributed by atoms with van der Waals surface area (Å²) < 4.78 is 11.6. The fourth-order valence-corrected chi connectivity index (χ4v) is 4.06.